The maximum atomic E-state index is 13.2. The maximum absolute atomic E-state index is 13.2. The summed E-state index contributed by atoms with van der Waals surface area (Å²) in [7, 11) is 1.54. The van der Waals surface area contributed by atoms with Gasteiger partial charge in [-0.1, -0.05) is 12.1 Å². The van der Waals surface area contributed by atoms with Gasteiger partial charge in [-0.25, -0.2) is 9.18 Å². The smallest absolute Gasteiger partial charge is 0.315 e. The molecule has 0 unspecified atom stereocenters. The Morgan fingerprint density at radius 1 is 1.48 bits per heavy atom. The van der Waals surface area contributed by atoms with E-state index in [2.05, 4.69) is 10.6 Å². The van der Waals surface area contributed by atoms with Crippen molar-refractivity contribution in [2.75, 3.05) is 26.9 Å². The van der Waals surface area contributed by atoms with Gasteiger partial charge in [-0.2, -0.15) is 0 Å². The van der Waals surface area contributed by atoms with Crippen LogP contribution in [0.25, 0.3) is 0 Å². The summed E-state index contributed by atoms with van der Waals surface area (Å²) in [4.78, 5) is 11.8. The van der Waals surface area contributed by atoms with Crippen molar-refractivity contribution in [1.82, 2.24) is 10.6 Å². The van der Waals surface area contributed by atoms with Crippen molar-refractivity contribution in [3.05, 3.63) is 35.6 Å². The summed E-state index contributed by atoms with van der Waals surface area (Å²) < 4.78 is 23.7. The number of carbonyl (C=O) groups excluding carboxylic acids is 1. The van der Waals surface area contributed by atoms with Gasteiger partial charge in [-0.3, -0.25) is 0 Å². The van der Waals surface area contributed by atoms with Crippen LogP contribution in [-0.2, 0) is 9.47 Å². The SMILES string of the molecule is CO[C@@H](CNC(=O)NC1CCOCC1)c1cccc(F)c1. The molecule has 0 bridgehead atoms. The summed E-state index contributed by atoms with van der Waals surface area (Å²) in [6.45, 7) is 1.64. The molecule has 0 radical (unpaired) electrons. The Hall–Kier alpha value is -1.66. The molecule has 2 N–H and O–H groups in total. The molecule has 0 spiro atoms. The van der Waals surface area contributed by atoms with Crippen LogP contribution in [0, 0.1) is 5.82 Å². The highest BCUT2D eigenvalue weighted by Crippen LogP contribution is 2.16. The second kappa shape index (κ2) is 7.95. The molecule has 5 nitrogen and oxygen atoms in total. The molecule has 1 atom stereocenters. The molecule has 1 aliphatic rings. The molecule has 0 saturated carbocycles. The summed E-state index contributed by atoms with van der Waals surface area (Å²) in [5.41, 5.74) is 0.698. The van der Waals surface area contributed by atoms with Gasteiger partial charge in [0, 0.05) is 32.9 Å². The number of carbonyl (C=O) groups is 1. The molecule has 1 saturated heterocycles. The Labute approximate surface area is 123 Å². The molecular weight excluding hydrogens is 275 g/mol. The summed E-state index contributed by atoms with van der Waals surface area (Å²) in [5, 5.41) is 5.66. The highest BCUT2D eigenvalue weighted by Gasteiger charge is 2.17. The lowest BCUT2D eigenvalue weighted by molar-refractivity contribution is 0.0790. The van der Waals surface area contributed by atoms with Crippen molar-refractivity contribution in [2.24, 2.45) is 0 Å². The highest BCUT2D eigenvalue weighted by molar-refractivity contribution is 5.74. The van der Waals surface area contributed by atoms with E-state index in [1.165, 1.54) is 19.2 Å². The van der Waals surface area contributed by atoms with Crippen LogP contribution in [0.4, 0.5) is 9.18 Å². The van der Waals surface area contributed by atoms with E-state index in [4.69, 9.17) is 9.47 Å². The van der Waals surface area contributed by atoms with E-state index in [0.717, 1.165) is 12.8 Å². The summed E-state index contributed by atoms with van der Waals surface area (Å²) >= 11 is 0. The van der Waals surface area contributed by atoms with Crippen molar-refractivity contribution in [3.63, 3.8) is 0 Å². The number of methoxy groups -OCH3 is 1. The van der Waals surface area contributed by atoms with Crippen LogP contribution in [0.2, 0.25) is 0 Å². The third kappa shape index (κ3) is 4.99. The van der Waals surface area contributed by atoms with Crippen molar-refractivity contribution >= 4 is 6.03 Å². The molecule has 1 aromatic carbocycles. The number of rotatable bonds is 5. The fourth-order valence-corrected chi connectivity index (χ4v) is 2.31. The average molecular weight is 296 g/mol. The van der Waals surface area contributed by atoms with E-state index in [9.17, 15) is 9.18 Å². The number of benzene rings is 1. The first-order chi connectivity index (χ1) is 10.2. The largest absolute Gasteiger partial charge is 0.381 e. The van der Waals surface area contributed by atoms with Gasteiger partial charge in [0.25, 0.3) is 0 Å². The summed E-state index contributed by atoms with van der Waals surface area (Å²) in [6.07, 6.45) is 1.27. The van der Waals surface area contributed by atoms with E-state index in [1.54, 1.807) is 12.1 Å². The Morgan fingerprint density at radius 3 is 2.90 bits per heavy atom. The Kier molecular flexibility index (Phi) is 5.95. The molecule has 116 valence electrons. The van der Waals surface area contributed by atoms with Gasteiger partial charge in [0.15, 0.2) is 0 Å². The molecule has 2 amide bonds. The Morgan fingerprint density at radius 2 is 2.24 bits per heavy atom. The third-order valence-electron chi connectivity index (χ3n) is 3.51. The van der Waals surface area contributed by atoms with Crippen LogP contribution < -0.4 is 10.6 Å². The quantitative estimate of drug-likeness (QED) is 0.873. The Balaban J connectivity index is 1.80. The molecule has 21 heavy (non-hydrogen) atoms. The number of hydrogen-bond donors (Lipinski definition) is 2. The first-order valence-electron chi connectivity index (χ1n) is 7.09. The molecule has 1 aliphatic heterocycles. The first kappa shape index (κ1) is 15.7. The topological polar surface area (TPSA) is 59.6 Å². The lowest BCUT2D eigenvalue weighted by Gasteiger charge is -2.24. The van der Waals surface area contributed by atoms with Crippen LogP contribution in [0.5, 0.6) is 0 Å². The van der Waals surface area contributed by atoms with Gasteiger partial charge in [0.1, 0.15) is 5.82 Å². The van der Waals surface area contributed by atoms with E-state index >= 15 is 0 Å². The van der Waals surface area contributed by atoms with Crippen LogP contribution in [0.3, 0.4) is 0 Å². The van der Waals surface area contributed by atoms with Crippen molar-refractivity contribution < 1.29 is 18.7 Å². The van der Waals surface area contributed by atoms with Gasteiger partial charge in [0.05, 0.1) is 6.10 Å². The van der Waals surface area contributed by atoms with Gasteiger partial charge < -0.3 is 20.1 Å². The predicted octanol–water partition coefficient (Wildman–Crippen LogP) is 1.99. The zero-order chi connectivity index (χ0) is 15.1. The molecule has 1 heterocycles. The summed E-state index contributed by atoms with van der Waals surface area (Å²) in [6, 6.07) is 6.09. The number of nitrogens with one attached hydrogen (secondary N) is 2. The minimum atomic E-state index is -0.374. The molecule has 0 aromatic heterocycles. The molecule has 1 fully saturated rings. The van der Waals surface area contributed by atoms with Gasteiger partial charge in [-0.05, 0) is 30.5 Å². The van der Waals surface area contributed by atoms with Crippen LogP contribution in [0.15, 0.2) is 24.3 Å². The number of hydrogen-bond acceptors (Lipinski definition) is 3. The van der Waals surface area contributed by atoms with Crippen LogP contribution in [0.1, 0.15) is 24.5 Å². The van der Waals surface area contributed by atoms with Gasteiger partial charge >= 0.3 is 6.03 Å². The van der Waals surface area contributed by atoms with E-state index < -0.39 is 0 Å². The first-order valence-corrected chi connectivity index (χ1v) is 7.09. The number of ether oxygens (including phenoxy) is 2. The number of halogens is 1. The molecule has 0 aliphatic carbocycles. The minimum Gasteiger partial charge on any atom is -0.381 e. The number of amides is 2. The minimum absolute atomic E-state index is 0.147. The van der Waals surface area contributed by atoms with E-state index in [-0.39, 0.29) is 30.5 Å². The van der Waals surface area contributed by atoms with Crippen LogP contribution in [-0.4, -0.2) is 38.9 Å². The molecule has 2 rings (SSSR count). The highest BCUT2D eigenvalue weighted by atomic mass is 19.1. The average Bonchev–Trinajstić information content (AvgIpc) is 2.49. The molecular formula is C15H21FN2O3. The molecule has 1 aromatic rings. The lowest BCUT2D eigenvalue weighted by Crippen LogP contribution is -2.45. The van der Waals surface area contributed by atoms with Crippen LogP contribution >= 0.6 is 0 Å². The van der Waals surface area contributed by atoms with E-state index in [0.29, 0.717) is 18.8 Å². The van der Waals surface area contributed by atoms with Crippen molar-refractivity contribution in [3.8, 4) is 0 Å². The van der Waals surface area contributed by atoms with Gasteiger partial charge in [0.2, 0.25) is 0 Å². The van der Waals surface area contributed by atoms with E-state index in [1.807, 2.05) is 0 Å². The Bertz CT molecular complexity index is 464. The fraction of sp³-hybridized carbons (Fsp3) is 0.533. The lowest BCUT2D eigenvalue weighted by atomic mass is 10.1. The third-order valence-corrected chi connectivity index (χ3v) is 3.51. The molecule has 6 heteroatoms. The van der Waals surface area contributed by atoms with Crippen molar-refractivity contribution in [2.45, 2.75) is 25.0 Å². The predicted molar refractivity (Wildman–Crippen MR) is 76.5 cm³/mol. The fourth-order valence-electron chi connectivity index (χ4n) is 2.31. The van der Waals surface area contributed by atoms with Gasteiger partial charge in [-0.15, -0.1) is 0 Å². The standard InChI is InChI=1S/C15H21FN2O3/c1-20-14(11-3-2-4-12(16)9-11)10-17-15(19)18-13-5-7-21-8-6-13/h2-4,9,13-14H,5-8,10H2,1H3,(H2,17,18,19)/t14-/m0/s1. The maximum Gasteiger partial charge on any atom is 0.315 e. The summed E-state index contributed by atoms with van der Waals surface area (Å²) in [5.74, 6) is -0.318. The zero-order valence-electron chi connectivity index (χ0n) is 12.1. The second-order valence-corrected chi connectivity index (χ2v) is 5.02. The second-order valence-electron chi connectivity index (χ2n) is 5.02. The van der Waals surface area contributed by atoms with Crippen molar-refractivity contribution in [1.29, 1.82) is 0 Å². The number of urea groups is 1. The zero-order valence-corrected chi connectivity index (χ0v) is 12.1. The monoisotopic (exact) mass is 296 g/mol. The normalized spacial score (nSPS) is 17.2.